The van der Waals surface area contributed by atoms with Crippen LogP contribution in [0, 0.1) is 0 Å². The van der Waals surface area contributed by atoms with Crippen LogP contribution in [-0.2, 0) is 20.5 Å². The molecule has 0 aliphatic carbocycles. The number of hydrogen-bond donors (Lipinski definition) is 2. The van der Waals surface area contributed by atoms with E-state index in [4.69, 9.17) is 11.6 Å². The highest BCUT2D eigenvalue weighted by molar-refractivity contribution is 6.65. The highest BCUT2D eigenvalue weighted by Gasteiger charge is 2.67. The Morgan fingerprint density at radius 2 is 1.77 bits per heavy atom. The third-order valence-electron chi connectivity index (χ3n) is 3.44. The number of anilines is 1. The Morgan fingerprint density at radius 1 is 1.13 bits per heavy atom. The second kappa shape index (κ2) is 10.6. The highest BCUT2D eigenvalue weighted by Crippen LogP contribution is 2.34. The summed E-state index contributed by atoms with van der Waals surface area (Å²) in [6.45, 7) is 2.33. The van der Waals surface area contributed by atoms with E-state index in [1.54, 1.807) is 12.2 Å². The second-order valence-electron chi connectivity index (χ2n) is 5.87. The summed E-state index contributed by atoms with van der Waals surface area (Å²) in [6, 6.07) is 1.37. The summed E-state index contributed by atoms with van der Waals surface area (Å²) in [7, 11) is 0. The van der Waals surface area contributed by atoms with Crippen LogP contribution in [0.3, 0.4) is 0 Å². The molecule has 0 saturated carbocycles. The minimum absolute atomic E-state index is 0.00868. The molecule has 31 heavy (non-hydrogen) atoms. The minimum atomic E-state index is -5.59. The van der Waals surface area contributed by atoms with Gasteiger partial charge < -0.3 is 14.9 Å². The van der Waals surface area contributed by atoms with Gasteiger partial charge in [0.25, 0.3) is 0 Å². The summed E-state index contributed by atoms with van der Waals surface area (Å²) >= 11 is 5.62. The molecule has 2 N–H and O–H groups in total. The van der Waals surface area contributed by atoms with Gasteiger partial charge >= 0.3 is 30.1 Å². The van der Waals surface area contributed by atoms with Gasteiger partial charge in [0.05, 0.1) is 12.2 Å². The van der Waals surface area contributed by atoms with E-state index in [9.17, 15) is 35.9 Å². The first-order valence-electron chi connectivity index (χ1n) is 8.67. The molecule has 0 spiro atoms. The molecule has 0 saturated heterocycles. The number of amides is 2. The van der Waals surface area contributed by atoms with Crippen molar-refractivity contribution in [3.8, 4) is 0 Å². The molecule has 0 heterocycles. The summed E-state index contributed by atoms with van der Waals surface area (Å²) in [5.41, 5.74) is -5.77. The molecule has 0 bridgehead atoms. The van der Waals surface area contributed by atoms with Gasteiger partial charge in [0.15, 0.2) is 0 Å². The van der Waals surface area contributed by atoms with E-state index in [1.165, 1.54) is 12.2 Å². The summed E-state index contributed by atoms with van der Waals surface area (Å²) in [5, 5.41) is 5.62. The Hall–Kier alpha value is -2.70. The molecular formula is C17H18ClF6N3O4. The predicted octanol–water partition coefficient (Wildman–Crippen LogP) is 5.02. The fraction of sp³-hybridized carbons (Fsp3) is 0.471. The third kappa shape index (κ3) is 7.19. The largest absolute Gasteiger partial charge is 0.463 e. The highest BCUT2D eigenvalue weighted by atomic mass is 35.5. The fourth-order valence-corrected chi connectivity index (χ4v) is 2.27. The lowest BCUT2D eigenvalue weighted by Gasteiger charge is -2.31. The molecule has 2 amide bonds. The van der Waals surface area contributed by atoms with Crippen LogP contribution in [0.2, 0.25) is 0 Å². The van der Waals surface area contributed by atoms with Gasteiger partial charge in [-0.25, -0.2) is 9.59 Å². The lowest BCUT2D eigenvalue weighted by Crippen LogP contribution is -2.66. The number of esters is 1. The van der Waals surface area contributed by atoms with Crippen LogP contribution in [0.1, 0.15) is 32.3 Å². The molecule has 1 aromatic rings. The van der Waals surface area contributed by atoms with Crippen molar-refractivity contribution in [3.05, 3.63) is 29.8 Å². The Kier molecular flexibility index (Phi) is 8.97. The van der Waals surface area contributed by atoms with Crippen LogP contribution < -0.4 is 10.6 Å². The zero-order valence-corrected chi connectivity index (χ0v) is 16.9. The summed E-state index contributed by atoms with van der Waals surface area (Å²) in [5.74, 6) is -2.06. The van der Waals surface area contributed by atoms with Crippen molar-refractivity contribution in [2.45, 2.75) is 44.8 Å². The standard InChI is InChI=1S/C17H18ClF6N3O4/c1-3-6-12(18)27-31-15(17(22,23)24,13(28)30-4-2)26-14(29)25-11-8-5-7-10(9-11)16(19,20)21/h5,7-9H,3-4,6H2,1-2H3,(H2,25,26,29)/b27-12-/t15-/m1/s1. The average Bonchev–Trinajstić information content (AvgIpc) is 2.64. The summed E-state index contributed by atoms with van der Waals surface area (Å²) in [4.78, 5) is 28.5. The van der Waals surface area contributed by atoms with Crippen molar-refractivity contribution >= 4 is 34.5 Å². The number of nitrogens with one attached hydrogen (secondary N) is 2. The van der Waals surface area contributed by atoms with E-state index in [-0.39, 0.29) is 6.42 Å². The molecule has 14 heteroatoms. The number of benzene rings is 1. The summed E-state index contributed by atoms with van der Waals surface area (Å²) in [6.07, 6.45) is -9.96. The molecule has 1 aromatic carbocycles. The van der Waals surface area contributed by atoms with Crippen LogP contribution >= 0.6 is 11.6 Å². The zero-order valence-electron chi connectivity index (χ0n) is 16.2. The minimum Gasteiger partial charge on any atom is -0.461 e. The SMILES string of the molecule is CCC/C(Cl)=N/O[C@](NC(=O)Nc1cccc(C(F)(F)F)c1)(C(=O)OCC)C(F)(F)F. The topological polar surface area (TPSA) is 89.0 Å². The van der Waals surface area contributed by atoms with Crippen LogP contribution in [0.4, 0.5) is 36.8 Å². The second-order valence-corrected chi connectivity index (χ2v) is 6.30. The number of hydrogen-bond acceptors (Lipinski definition) is 5. The number of halogens is 7. The number of oxime groups is 1. The maximum atomic E-state index is 13.8. The smallest absolute Gasteiger partial charge is 0.461 e. The number of ether oxygens (including phenoxy) is 1. The molecule has 0 unspecified atom stereocenters. The van der Waals surface area contributed by atoms with E-state index in [0.717, 1.165) is 12.1 Å². The molecule has 1 atom stereocenters. The lowest BCUT2D eigenvalue weighted by molar-refractivity contribution is -0.284. The van der Waals surface area contributed by atoms with Gasteiger partial charge in [-0.15, -0.1) is 0 Å². The van der Waals surface area contributed by atoms with E-state index < -0.39 is 53.1 Å². The Labute approximate surface area is 177 Å². The first-order chi connectivity index (χ1) is 14.3. The van der Waals surface area contributed by atoms with Crippen molar-refractivity contribution in [1.82, 2.24) is 5.32 Å². The summed E-state index contributed by atoms with van der Waals surface area (Å²) < 4.78 is 84.0. The fourth-order valence-electron chi connectivity index (χ4n) is 2.05. The molecule has 0 aliphatic heterocycles. The number of urea groups is 1. The zero-order chi connectivity index (χ0) is 23.9. The molecule has 0 aliphatic rings. The molecular weight excluding hydrogens is 460 g/mol. The van der Waals surface area contributed by atoms with Crippen LogP contribution in [0.15, 0.2) is 29.4 Å². The first kappa shape index (κ1) is 26.3. The van der Waals surface area contributed by atoms with Gasteiger partial charge in [0.1, 0.15) is 5.17 Å². The van der Waals surface area contributed by atoms with Gasteiger partial charge in [-0.3, -0.25) is 5.32 Å². The van der Waals surface area contributed by atoms with Gasteiger partial charge in [0.2, 0.25) is 0 Å². The predicted molar refractivity (Wildman–Crippen MR) is 98.3 cm³/mol. The number of rotatable bonds is 8. The maximum Gasteiger partial charge on any atom is 0.463 e. The van der Waals surface area contributed by atoms with E-state index in [0.29, 0.717) is 18.6 Å². The normalized spacial score (nSPS) is 14.4. The molecule has 0 radical (unpaired) electrons. The van der Waals surface area contributed by atoms with Crippen molar-refractivity contribution in [3.63, 3.8) is 0 Å². The van der Waals surface area contributed by atoms with Crippen LogP contribution in [0.25, 0.3) is 0 Å². The average molecular weight is 478 g/mol. The Balaban J connectivity index is 3.25. The quantitative estimate of drug-likeness (QED) is 0.181. The number of carbonyl (C=O) groups is 2. The molecule has 0 aromatic heterocycles. The van der Waals surface area contributed by atoms with Gasteiger partial charge in [-0.1, -0.05) is 29.7 Å². The molecule has 1 rings (SSSR count). The molecule has 0 fully saturated rings. The third-order valence-corrected chi connectivity index (χ3v) is 3.70. The van der Waals surface area contributed by atoms with Crippen LogP contribution in [0.5, 0.6) is 0 Å². The van der Waals surface area contributed by atoms with Crippen molar-refractivity contribution < 1.29 is 45.5 Å². The Morgan fingerprint density at radius 3 is 2.29 bits per heavy atom. The Bertz CT molecular complexity index is 816. The van der Waals surface area contributed by atoms with Crippen molar-refractivity contribution in [1.29, 1.82) is 0 Å². The molecule has 174 valence electrons. The van der Waals surface area contributed by atoms with Crippen LogP contribution in [-0.4, -0.2) is 35.7 Å². The van der Waals surface area contributed by atoms with E-state index >= 15 is 0 Å². The van der Waals surface area contributed by atoms with Gasteiger partial charge in [-0.2, -0.15) is 26.3 Å². The van der Waals surface area contributed by atoms with Crippen molar-refractivity contribution in [2.75, 3.05) is 11.9 Å². The molecule has 7 nitrogen and oxygen atoms in total. The van der Waals surface area contributed by atoms with Gasteiger partial charge in [0, 0.05) is 12.1 Å². The first-order valence-corrected chi connectivity index (χ1v) is 9.05. The lowest BCUT2D eigenvalue weighted by atomic mass is 10.2. The monoisotopic (exact) mass is 477 g/mol. The number of alkyl halides is 6. The maximum absolute atomic E-state index is 13.8. The van der Waals surface area contributed by atoms with Crippen molar-refractivity contribution in [2.24, 2.45) is 5.16 Å². The number of carbonyl (C=O) groups excluding carboxylic acids is 2. The van der Waals surface area contributed by atoms with E-state index in [1.807, 2.05) is 0 Å². The van der Waals surface area contributed by atoms with E-state index in [2.05, 4.69) is 14.7 Å². The number of nitrogens with zero attached hydrogens (tertiary/aromatic N) is 1. The van der Waals surface area contributed by atoms with Gasteiger partial charge in [-0.05, 0) is 31.5 Å².